The zero-order valence-corrected chi connectivity index (χ0v) is 13.3. The molecule has 2 aliphatic rings. The topological polar surface area (TPSA) is 8.88 Å². The van der Waals surface area contributed by atoms with Crippen LogP contribution in [0, 0.1) is 0 Å². The highest BCUT2D eigenvalue weighted by atomic mass is 15.3. The molecular formula is C18H30N2+2. The molecule has 110 valence electrons. The van der Waals surface area contributed by atoms with E-state index in [2.05, 4.69) is 45.0 Å². The first-order valence-corrected chi connectivity index (χ1v) is 8.43. The van der Waals surface area contributed by atoms with Gasteiger partial charge in [0.2, 0.25) is 0 Å². The standard InChI is InChI=1S/C18H28N2/c1-14(2)17-8-6-16(7-9-17)13-20-12-11-19-10-4-5-18(19)15(20)3/h6-9,14-15,18H,4-5,10-13H2,1-3H3/p+2/t15-,18-/m0/s1. The number of hydrogen-bond acceptors (Lipinski definition) is 0. The number of piperazine rings is 1. The highest BCUT2D eigenvalue weighted by Gasteiger charge is 2.42. The summed E-state index contributed by atoms with van der Waals surface area (Å²) in [6.45, 7) is 12.4. The van der Waals surface area contributed by atoms with Crippen LogP contribution in [0.2, 0.25) is 0 Å². The van der Waals surface area contributed by atoms with Crippen molar-refractivity contribution in [1.29, 1.82) is 0 Å². The molecule has 0 aromatic heterocycles. The maximum absolute atomic E-state index is 2.48. The van der Waals surface area contributed by atoms with E-state index in [0.29, 0.717) is 5.92 Å². The Labute approximate surface area is 123 Å². The van der Waals surface area contributed by atoms with Crippen LogP contribution in [0.4, 0.5) is 0 Å². The lowest BCUT2D eigenvalue weighted by atomic mass is 10.00. The molecule has 2 unspecified atom stereocenters. The van der Waals surface area contributed by atoms with Crippen LogP contribution in [-0.4, -0.2) is 31.7 Å². The molecule has 20 heavy (non-hydrogen) atoms. The van der Waals surface area contributed by atoms with E-state index < -0.39 is 0 Å². The molecule has 2 N–H and O–H groups in total. The summed E-state index contributed by atoms with van der Waals surface area (Å²) in [5.41, 5.74) is 2.97. The first kappa shape index (κ1) is 14.1. The lowest BCUT2D eigenvalue weighted by molar-refractivity contribution is -1.05. The number of quaternary nitrogens is 2. The Balaban J connectivity index is 1.65. The molecule has 2 heterocycles. The van der Waals surface area contributed by atoms with Gasteiger partial charge in [-0.1, -0.05) is 38.1 Å². The van der Waals surface area contributed by atoms with Crippen molar-refractivity contribution in [1.82, 2.24) is 0 Å². The summed E-state index contributed by atoms with van der Waals surface area (Å²) in [6.07, 6.45) is 2.90. The second-order valence-corrected chi connectivity index (χ2v) is 7.18. The Hall–Kier alpha value is -0.860. The molecule has 0 spiro atoms. The average molecular weight is 274 g/mol. The fraction of sp³-hybridized carbons (Fsp3) is 0.667. The molecule has 0 saturated carbocycles. The molecule has 4 atom stereocenters. The van der Waals surface area contributed by atoms with Crippen molar-refractivity contribution in [2.45, 2.75) is 58.2 Å². The summed E-state index contributed by atoms with van der Waals surface area (Å²) >= 11 is 0. The summed E-state index contributed by atoms with van der Waals surface area (Å²) < 4.78 is 0. The van der Waals surface area contributed by atoms with Crippen molar-refractivity contribution in [3.8, 4) is 0 Å². The minimum Gasteiger partial charge on any atom is -0.323 e. The van der Waals surface area contributed by atoms with E-state index in [1.807, 2.05) is 4.90 Å². The van der Waals surface area contributed by atoms with E-state index in [4.69, 9.17) is 0 Å². The van der Waals surface area contributed by atoms with Gasteiger partial charge in [-0.2, -0.15) is 0 Å². The maximum Gasteiger partial charge on any atom is 0.140 e. The molecule has 2 fully saturated rings. The number of benzene rings is 1. The van der Waals surface area contributed by atoms with Gasteiger partial charge in [-0.3, -0.25) is 0 Å². The van der Waals surface area contributed by atoms with E-state index in [1.54, 1.807) is 4.90 Å². The molecule has 1 aromatic carbocycles. The monoisotopic (exact) mass is 274 g/mol. The van der Waals surface area contributed by atoms with Gasteiger partial charge < -0.3 is 9.80 Å². The van der Waals surface area contributed by atoms with Crippen LogP contribution in [-0.2, 0) is 6.54 Å². The Morgan fingerprint density at radius 3 is 2.55 bits per heavy atom. The average Bonchev–Trinajstić information content (AvgIpc) is 2.92. The van der Waals surface area contributed by atoms with E-state index in [0.717, 1.165) is 12.1 Å². The van der Waals surface area contributed by atoms with Gasteiger partial charge in [0.05, 0.1) is 6.54 Å². The number of nitrogens with one attached hydrogen (secondary N) is 2. The Morgan fingerprint density at radius 2 is 1.85 bits per heavy atom. The number of hydrogen-bond donors (Lipinski definition) is 2. The first-order valence-electron chi connectivity index (χ1n) is 8.43. The summed E-state index contributed by atoms with van der Waals surface area (Å²) in [4.78, 5) is 3.69. The molecule has 0 radical (unpaired) electrons. The van der Waals surface area contributed by atoms with Gasteiger partial charge in [-0.05, 0) is 18.4 Å². The third-order valence-electron chi connectivity index (χ3n) is 5.63. The molecule has 2 heteroatoms. The Morgan fingerprint density at radius 1 is 1.10 bits per heavy atom. The van der Waals surface area contributed by atoms with Crippen molar-refractivity contribution in [2.75, 3.05) is 19.6 Å². The predicted octanol–water partition coefficient (Wildman–Crippen LogP) is 0.644. The molecule has 2 saturated heterocycles. The fourth-order valence-electron chi connectivity index (χ4n) is 4.22. The highest BCUT2D eigenvalue weighted by Crippen LogP contribution is 2.14. The SMILES string of the molecule is CC(C)c1ccc(C[NH+]2CC[NH+]3CCC[C@H]3[C@@H]2C)cc1. The normalized spacial score (nSPS) is 33.4. The van der Waals surface area contributed by atoms with Crippen molar-refractivity contribution in [3.63, 3.8) is 0 Å². The zero-order valence-electron chi connectivity index (χ0n) is 13.3. The van der Waals surface area contributed by atoms with Crippen LogP contribution in [0.15, 0.2) is 24.3 Å². The zero-order chi connectivity index (χ0) is 14.1. The van der Waals surface area contributed by atoms with Crippen LogP contribution in [0.5, 0.6) is 0 Å². The fourth-order valence-corrected chi connectivity index (χ4v) is 4.22. The smallest absolute Gasteiger partial charge is 0.140 e. The largest absolute Gasteiger partial charge is 0.323 e. The molecule has 2 nitrogen and oxygen atoms in total. The van der Waals surface area contributed by atoms with E-state index >= 15 is 0 Å². The molecule has 3 rings (SSSR count). The van der Waals surface area contributed by atoms with Crippen LogP contribution in [0.1, 0.15) is 50.7 Å². The van der Waals surface area contributed by atoms with E-state index in [1.165, 1.54) is 50.1 Å². The van der Waals surface area contributed by atoms with E-state index in [-0.39, 0.29) is 0 Å². The van der Waals surface area contributed by atoms with Gasteiger partial charge >= 0.3 is 0 Å². The third-order valence-corrected chi connectivity index (χ3v) is 5.63. The summed E-state index contributed by atoms with van der Waals surface area (Å²) in [6, 6.07) is 11.1. The quantitative estimate of drug-likeness (QED) is 0.801. The van der Waals surface area contributed by atoms with Crippen molar-refractivity contribution < 1.29 is 9.80 Å². The van der Waals surface area contributed by atoms with Crippen LogP contribution in [0.25, 0.3) is 0 Å². The summed E-state index contributed by atoms with van der Waals surface area (Å²) in [7, 11) is 0. The molecule has 2 aliphatic heterocycles. The molecule has 0 bridgehead atoms. The minimum atomic E-state index is 0.640. The van der Waals surface area contributed by atoms with Crippen LogP contribution < -0.4 is 9.80 Å². The van der Waals surface area contributed by atoms with Gasteiger partial charge in [-0.25, -0.2) is 0 Å². The first-order chi connectivity index (χ1) is 9.65. The second-order valence-electron chi connectivity index (χ2n) is 7.18. The van der Waals surface area contributed by atoms with Gasteiger partial charge in [0, 0.05) is 18.4 Å². The summed E-state index contributed by atoms with van der Waals surface area (Å²) in [5.74, 6) is 0.640. The van der Waals surface area contributed by atoms with Crippen LogP contribution in [0.3, 0.4) is 0 Å². The number of rotatable bonds is 3. The highest BCUT2D eigenvalue weighted by molar-refractivity contribution is 5.24. The van der Waals surface area contributed by atoms with Gasteiger partial charge in [0.25, 0.3) is 0 Å². The molecule has 1 aromatic rings. The Kier molecular flexibility index (Phi) is 4.13. The Bertz CT molecular complexity index is 437. The van der Waals surface area contributed by atoms with E-state index in [9.17, 15) is 0 Å². The number of fused-ring (bicyclic) bond motifs is 1. The molecule has 0 aliphatic carbocycles. The van der Waals surface area contributed by atoms with Gasteiger partial charge in [-0.15, -0.1) is 0 Å². The molecule has 0 amide bonds. The van der Waals surface area contributed by atoms with Gasteiger partial charge in [0.1, 0.15) is 31.7 Å². The minimum absolute atomic E-state index is 0.640. The molecular weight excluding hydrogens is 244 g/mol. The lowest BCUT2D eigenvalue weighted by Crippen LogP contribution is -3.31. The summed E-state index contributed by atoms with van der Waals surface area (Å²) in [5, 5.41) is 0. The maximum atomic E-state index is 2.48. The van der Waals surface area contributed by atoms with Gasteiger partial charge in [0.15, 0.2) is 0 Å². The second kappa shape index (κ2) is 5.87. The van der Waals surface area contributed by atoms with Crippen molar-refractivity contribution >= 4 is 0 Å². The van der Waals surface area contributed by atoms with Crippen molar-refractivity contribution in [2.24, 2.45) is 0 Å². The van der Waals surface area contributed by atoms with Crippen LogP contribution >= 0.6 is 0 Å². The van der Waals surface area contributed by atoms with Crippen molar-refractivity contribution in [3.05, 3.63) is 35.4 Å². The lowest BCUT2D eigenvalue weighted by Gasteiger charge is -2.37. The predicted molar refractivity (Wildman–Crippen MR) is 83.2 cm³/mol. The third kappa shape index (κ3) is 2.77.